The number of hydrogen-bond donors (Lipinski definition) is 2. The molecular formula is C16H12ClN3O. The zero-order valence-corrected chi connectivity index (χ0v) is 11.8. The molecule has 0 atom stereocenters. The molecular weight excluding hydrogens is 286 g/mol. The highest BCUT2D eigenvalue weighted by molar-refractivity contribution is 6.31. The maximum absolute atomic E-state index is 12.3. The van der Waals surface area contributed by atoms with Crippen molar-refractivity contribution in [2.75, 3.05) is 11.1 Å². The minimum atomic E-state index is -0.241. The fraction of sp³-hybridized carbons (Fsp3) is 0. The van der Waals surface area contributed by atoms with Gasteiger partial charge < -0.3 is 11.1 Å². The Morgan fingerprint density at radius 1 is 1.14 bits per heavy atom. The lowest BCUT2D eigenvalue weighted by Crippen LogP contribution is -2.13. The molecule has 3 N–H and O–H groups in total. The molecule has 21 heavy (non-hydrogen) atoms. The maximum Gasteiger partial charge on any atom is 0.255 e. The highest BCUT2D eigenvalue weighted by atomic mass is 35.5. The first kappa shape index (κ1) is 13.4. The summed E-state index contributed by atoms with van der Waals surface area (Å²) in [6.07, 6.45) is 1.72. The summed E-state index contributed by atoms with van der Waals surface area (Å²) in [4.78, 5) is 16.5. The number of nitrogens with one attached hydrogen (secondary N) is 1. The molecule has 0 aliphatic heterocycles. The number of rotatable bonds is 2. The third kappa shape index (κ3) is 2.80. The summed E-state index contributed by atoms with van der Waals surface area (Å²) in [6, 6.07) is 14.0. The van der Waals surface area contributed by atoms with Crippen LogP contribution < -0.4 is 11.1 Å². The lowest BCUT2D eigenvalue weighted by atomic mass is 10.1. The molecule has 0 spiro atoms. The van der Waals surface area contributed by atoms with E-state index in [9.17, 15) is 4.79 Å². The summed E-state index contributed by atoms with van der Waals surface area (Å²) < 4.78 is 0. The van der Waals surface area contributed by atoms with Gasteiger partial charge in [-0.1, -0.05) is 17.7 Å². The summed E-state index contributed by atoms with van der Waals surface area (Å²) in [5.74, 6) is -0.241. The third-order valence-electron chi connectivity index (χ3n) is 3.13. The molecule has 5 heteroatoms. The van der Waals surface area contributed by atoms with E-state index in [1.54, 1.807) is 36.5 Å². The van der Waals surface area contributed by atoms with Crippen LogP contribution >= 0.6 is 11.6 Å². The highest BCUT2D eigenvalue weighted by Gasteiger charge is 2.09. The Balaban J connectivity index is 1.91. The first-order valence-electron chi connectivity index (χ1n) is 6.34. The van der Waals surface area contributed by atoms with E-state index in [1.807, 2.05) is 18.2 Å². The predicted octanol–water partition coefficient (Wildman–Crippen LogP) is 3.72. The van der Waals surface area contributed by atoms with Gasteiger partial charge in [0, 0.05) is 22.2 Å². The van der Waals surface area contributed by atoms with Crippen molar-refractivity contribution >= 4 is 39.8 Å². The fourth-order valence-corrected chi connectivity index (χ4v) is 2.22. The second-order valence-corrected chi connectivity index (χ2v) is 5.03. The van der Waals surface area contributed by atoms with Gasteiger partial charge in [-0.25, -0.2) is 0 Å². The molecule has 0 saturated carbocycles. The second-order valence-electron chi connectivity index (χ2n) is 4.60. The van der Waals surface area contributed by atoms with Gasteiger partial charge in [0.1, 0.15) is 0 Å². The SMILES string of the molecule is Nc1ccc(Cl)cc1NC(=O)c1ccc2ncccc2c1. The summed E-state index contributed by atoms with van der Waals surface area (Å²) in [5, 5.41) is 4.19. The van der Waals surface area contributed by atoms with Crippen LogP contribution in [0.4, 0.5) is 11.4 Å². The summed E-state index contributed by atoms with van der Waals surface area (Å²) >= 11 is 5.91. The smallest absolute Gasteiger partial charge is 0.255 e. The summed E-state index contributed by atoms with van der Waals surface area (Å²) in [5.41, 5.74) is 8.17. The van der Waals surface area contributed by atoms with Crippen LogP contribution in [0.3, 0.4) is 0 Å². The van der Waals surface area contributed by atoms with Crippen molar-refractivity contribution in [2.24, 2.45) is 0 Å². The molecule has 2 aromatic carbocycles. The van der Waals surface area contributed by atoms with E-state index in [2.05, 4.69) is 10.3 Å². The van der Waals surface area contributed by atoms with Crippen molar-refractivity contribution in [3.8, 4) is 0 Å². The molecule has 0 aliphatic carbocycles. The Kier molecular flexibility index (Phi) is 3.46. The van der Waals surface area contributed by atoms with Crippen molar-refractivity contribution in [2.45, 2.75) is 0 Å². The number of nitrogens with zero attached hydrogens (tertiary/aromatic N) is 1. The minimum Gasteiger partial charge on any atom is -0.397 e. The Morgan fingerprint density at radius 2 is 2.00 bits per heavy atom. The normalized spacial score (nSPS) is 10.5. The average Bonchev–Trinajstić information content (AvgIpc) is 2.50. The predicted molar refractivity (Wildman–Crippen MR) is 85.6 cm³/mol. The Bertz CT molecular complexity index is 833. The Labute approximate surface area is 126 Å². The van der Waals surface area contributed by atoms with Gasteiger partial charge in [0.15, 0.2) is 0 Å². The Hall–Kier alpha value is -2.59. The topological polar surface area (TPSA) is 68.0 Å². The van der Waals surface area contributed by atoms with E-state index in [-0.39, 0.29) is 5.91 Å². The first-order chi connectivity index (χ1) is 10.1. The van der Waals surface area contributed by atoms with Gasteiger partial charge >= 0.3 is 0 Å². The summed E-state index contributed by atoms with van der Waals surface area (Å²) in [7, 11) is 0. The molecule has 3 rings (SSSR count). The number of halogens is 1. The van der Waals surface area contributed by atoms with E-state index >= 15 is 0 Å². The number of benzene rings is 2. The Morgan fingerprint density at radius 3 is 2.86 bits per heavy atom. The van der Waals surface area contributed by atoms with E-state index in [0.29, 0.717) is 22.0 Å². The van der Waals surface area contributed by atoms with Gasteiger partial charge in [0.25, 0.3) is 5.91 Å². The van der Waals surface area contributed by atoms with Crippen LogP contribution in [0.1, 0.15) is 10.4 Å². The van der Waals surface area contributed by atoms with Crippen LogP contribution in [-0.2, 0) is 0 Å². The van der Waals surface area contributed by atoms with Gasteiger partial charge in [-0.2, -0.15) is 0 Å². The molecule has 0 unspecified atom stereocenters. The van der Waals surface area contributed by atoms with E-state index < -0.39 is 0 Å². The van der Waals surface area contributed by atoms with Gasteiger partial charge in [-0.3, -0.25) is 9.78 Å². The van der Waals surface area contributed by atoms with Crippen LogP contribution in [0.2, 0.25) is 5.02 Å². The quantitative estimate of drug-likeness (QED) is 0.708. The molecule has 1 heterocycles. The number of carbonyl (C=O) groups excluding carboxylic acids is 1. The van der Waals surface area contributed by atoms with Crippen molar-refractivity contribution in [3.05, 3.63) is 65.3 Å². The van der Waals surface area contributed by atoms with Crippen molar-refractivity contribution < 1.29 is 4.79 Å². The van der Waals surface area contributed by atoms with Gasteiger partial charge in [-0.15, -0.1) is 0 Å². The number of amides is 1. The van der Waals surface area contributed by atoms with Crippen molar-refractivity contribution in [1.82, 2.24) is 4.98 Å². The molecule has 3 aromatic rings. The number of hydrogen-bond acceptors (Lipinski definition) is 3. The molecule has 0 aliphatic rings. The van der Waals surface area contributed by atoms with Gasteiger partial charge in [-0.05, 0) is 42.5 Å². The number of carbonyl (C=O) groups is 1. The lowest BCUT2D eigenvalue weighted by Gasteiger charge is -2.09. The number of nitrogens with two attached hydrogens (primary N) is 1. The van der Waals surface area contributed by atoms with E-state index in [1.165, 1.54) is 0 Å². The molecule has 1 aromatic heterocycles. The molecule has 4 nitrogen and oxygen atoms in total. The third-order valence-corrected chi connectivity index (χ3v) is 3.36. The number of nitrogen functional groups attached to an aromatic ring is 1. The second kappa shape index (κ2) is 5.42. The zero-order chi connectivity index (χ0) is 14.8. The maximum atomic E-state index is 12.3. The standard InChI is InChI=1S/C16H12ClN3O/c17-12-4-5-13(18)15(9-12)20-16(21)11-3-6-14-10(8-11)2-1-7-19-14/h1-9H,18H2,(H,20,21). The lowest BCUT2D eigenvalue weighted by molar-refractivity contribution is 0.102. The number of pyridine rings is 1. The molecule has 0 saturated heterocycles. The number of fused-ring (bicyclic) bond motifs is 1. The van der Waals surface area contributed by atoms with Crippen LogP contribution in [0, 0.1) is 0 Å². The van der Waals surface area contributed by atoms with E-state index in [4.69, 9.17) is 17.3 Å². The summed E-state index contributed by atoms with van der Waals surface area (Å²) in [6.45, 7) is 0. The number of aromatic nitrogens is 1. The van der Waals surface area contributed by atoms with Gasteiger partial charge in [0.05, 0.1) is 16.9 Å². The minimum absolute atomic E-state index is 0.241. The molecule has 1 amide bonds. The van der Waals surface area contributed by atoms with E-state index in [0.717, 1.165) is 10.9 Å². The zero-order valence-electron chi connectivity index (χ0n) is 11.0. The van der Waals surface area contributed by atoms with Crippen LogP contribution in [0.15, 0.2) is 54.7 Å². The first-order valence-corrected chi connectivity index (χ1v) is 6.72. The molecule has 0 fully saturated rings. The van der Waals surface area contributed by atoms with Crippen LogP contribution in [0.25, 0.3) is 10.9 Å². The molecule has 0 bridgehead atoms. The van der Waals surface area contributed by atoms with Crippen LogP contribution in [0.5, 0.6) is 0 Å². The fourth-order valence-electron chi connectivity index (χ4n) is 2.05. The average molecular weight is 298 g/mol. The monoisotopic (exact) mass is 297 g/mol. The molecule has 104 valence electrons. The van der Waals surface area contributed by atoms with Crippen LogP contribution in [-0.4, -0.2) is 10.9 Å². The highest BCUT2D eigenvalue weighted by Crippen LogP contribution is 2.24. The molecule has 0 radical (unpaired) electrons. The van der Waals surface area contributed by atoms with Crippen molar-refractivity contribution in [1.29, 1.82) is 0 Å². The largest absolute Gasteiger partial charge is 0.397 e. The van der Waals surface area contributed by atoms with Crippen molar-refractivity contribution in [3.63, 3.8) is 0 Å². The van der Waals surface area contributed by atoms with Gasteiger partial charge in [0.2, 0.25) is 0 Å². The number of anilines is 2.